The van der Waals surface area contributed by atoms with Gasteiger partial charge in [-0.25, -0.2) is 0 Å². The van der Waals surface area contributed by atoms with Gasteiger partial charge in [-0.3, -0.25) is 0 Å². The highest BCUT2D eigenvalue weighted by atomic mass is 32.2. The van der Waals surface area contributed by atoms with E-state index >= 15 is 0 Å². The standard InChI is InChI=1S/C31H42S/c1-21(2)17-28-11-12-29(19-24(28)5)25(6)26-13-15-31(16-14-26)20-23(4)18-30(32-31)27-9-7-22(3)8-10-27/h7-12,19,21,23,26,30H,6,13-18,20H2,1-5H3. The van der Waals surface area contributed by atoms with Crippen LogP contribution in [0.15, 0.2) is 49.0 Å². The van der Waals surface area contributed by atoms with Gasteiger partial charge in [-0.2, -0.15) is 0 Å². The van der Waals surface area contributed by atoms with Crippen molar-refractivity contribution in [2.24, 2.45) is 17.8 Å². The normalized spacial score (nSPS) is 28.2. The first-order chi connectivity index (χ1) is 15.2. The molecule has 0 amide bonds. The van der Waals surface area contributed by atoms with Gasteiger partial charge >= 0.3 is 0 Å². The smallest absolute Gasteiger partial charge is 0.0305 e. The van der Waals surface area contributed by atoms with Gasteiger partial charge in [0.15, 0.2) is 0 Å². The van der Waals surface area contributed by atoms with Crippen molar-refractivity contribution in [3.05, 3.63) is 76.9 Å². The van der Waals surface area contributed by atoms with Crippen LogP contribution in [0.4, 0.5) is 0 Å². The molecule has 1 heteroatoms. The van der Waals surface area contributed by atoms with Crippen LogP contribution in [0.2, 0.25) is 0 Å². The van der Waals surface area contributed by atoms with Crippen LogP contribution in [0.3, 0.4) is 0 Å². The molecule has 4 rings (SSSR count). The SMILES string of the molecule is C=C(c1ccc(CC(C)C)c(C)c1)C1CCC2(CC1)CC(C)CC(c1ccc(C)cc1)S2. The summed E-state index contributed by atoms with van der Waals surface area (Å²) in [5.41, 5.74) is 8.58. The van der Waals surface area contributed by atoms with Gasteiger partial charge in [0.2, 0.25) is 0 Å². The van der Waals surface area contributed by atoms with Crippen LogP contribution in [-0.4, -0.2) is 4.75 Å². The van der Waals surface area contributed by atoms with Crippen molar-refractivity contribution in [2.75, 3.05) is 0 Å². The molecule has 2 aromatic rings. The molecule has 1 saturated heterocycles. The second-order valence-electron chi connectivity index (χ2n) is 11.3. The molecule has 1 heterocycles. The first-order valence-electron chi connectivity index (χ1n) is 12.8. The van der Waals surface area contributed by atoms with Gasteiger partial charge in [0, 0.05) is 10.00 Å². The second kappa shape index (κ2) is 9.80. The lowest BCUT2D eigenvalue weighted by Gasteiger charge is -2.47. The van der Waals surface area contributed by atoms with Crippen molar-refractivity contribution in [2.45, 2.75) is 89.6 Å². The van der Waals surface area contributed by atoms with E-state index in [0.717, 1.165) is 5.92 Å². The highest BCUT2D eigenvalue weighted by Gasteiger charge is 2.43. The predicted molar refractivity (Wildman–Crippen MR) is 143 cm³/mol. The van der Waals surface area contributed by atoms with Crippen LogP contribution >= 0.6 is 11.8 Å². The number of hydrogen-bond donors (Lipinski definition) is 0. The molecule has 172 valence electrons. The number of rotatable bonds is 5. The van der Waals surface area contributed by atoms with Crippen LogP contribution < -0.4 is 0 Å². The van der Waals surface area contributed by atoms with E-state index in [9.17, 15) is 0 Å². The lowest BCUT2D eigenvalue weighted by Crippen LogP contribution is -2.37. The molecule has 1 spiro atoms. The molecule has 2 aromatic carbocycles. The third-order valence-electron chi connectivity index (χ3n) is 7.91. The van der Waals surface area contributed by atoms with Gasteiger partial charge < -0.3 is 0 Å². The van der Waals surface area contributed by atoms with E-state index in [1.807, 2.05) is 0 Å². The maximum atomic E-state index is 4.59. The summed E-state index contributed by atoms with van der Waals surface area (Å²) in [5, 5.41) is 0.662. The third-order valence-corrected chi connectivity index (χ3v) is 9.73. The Morgan fingerprint density at radius 3 is 2.38 bits per heavy atom. The van der Waals surface area contributed by atoms with Gasteiger partial charge in [0.1, 0.15) is 0 Å². The third kappa shape index (κ3) is 5.36. The fourth-order valence-corrected chi connectivity index (χ4v) is 8.26. The van der Waals surface area contributed by atoms with Crippen LogP contribution in [0.1, 0.15) is 92.4 Å². The molecule has 1 aliphatic carbocycles. The van der Waals surface area contributed by atoms with E-state index in [1.54, 1.807) is 0 Å². The number of thioether (sulfide) groups is 1. The Labute approximate surface area is 201 Å². The summed E-state index contributed by atoms with van der Waals surface area (Å²) in [6.07, 6.45) is 9.17. The summed E-state index contributed by atoms with van der Waals surface area (Å²) < 4.78 is 0.473. The molecular formula is C31H42S. The number of benzene rings is 2. The summed E-state index contributed by atoms with van der Waals surface area (Å²) in [6, 6.07) is 16.4. The zero-order valence-electron chi connectivity index (χ0n) is 20.9. The van der Waals surface area contributed by atoms with E-state index in [4.69, 9.17) is 0 Å². The minimum atomic E-state index is 0.473. The van der Waals surface area contributed by atoms with Gasteiger partial charge in [-0.15, -0.1) is 11.8 Å². The van der Waals surface area contributed by atoms with E-state index < -0.39 is 0 Å². The van der Waals surface area contributed by atoms with Crippen molar-refractivity contribution in [3.8, 4) is 0 Å². The van der Waals surface area contributed by atoms with E-state index in [2.05, 4.69) is 95.4 Å². The largest absolute Gasteiger partial charge is 0.147 e. The predicted octanol–water partition coefficient (Wildman–Crippen LogP) is 9.35. The first-order valence-corrected chi connectivity index (χ1v) is 13.7. The highest BCUT2D eigenvalue weighted by molar-refractivity contribution is 8.00. The summed E-state index contributed by atoms with van der Waals surface area (Å²) in [7, 11) is 0. The maximum absolute atomic E-state index is 4.59. The van der Waals surface area contributed by atoms with Gasteiger partial charge in [0.25, 0.3) is 0 Å². The average molecular weight is 447 g/mol. The second-order valence-corrected chi connectivity index (χ2v) is 13.0. The topological polar surface area (TPSA) is 0 Å². The minimum Gasteiger partial charge on any atom is -0.147 e. The van der Waals surface area contributed by atoms with Crippen molar-refractivity contribution < 1.29 is 0 Å². The van der Waals surface area contributed by atoms with Crippen LogP contribution in [0.5, 0.6) is 0 Å². The molecule has 2 atom stereocenters. The Kier molecular flexibility index (Phi) is 7.25. The fourth-order valence-electron chi connectivity index (χ4n) is 6.08. The Morgan fingerprint density at radius 2 is 1.75 bits per heavy atom. The summed E-state index contributed by atoms with van der Waals surface area (Å²) in [5.74, 6) is 2.17. The first kappa shape index (κ1) is 23.7. The van der Waals surface area contributed by atoms with E-state index in [-0.39, 0.29) is 0 Å². The Bertz CT molecular complexity index is 927. The Balaban J connectivity index is 1.42. The molecule has 2 unspecified atom stereocenters. The van der Waals surface area contributed by atoms with E-state index in [1.165, 1.54) is 78.3 Å². The summed E-state index contributed by atoms with van der Waals surface area (Å²) in [6.45, 7) is 16.1. The van der Waals surface area contributed by atoms with Crippen LogP contribution in [-0.2, 0) is 6.42 Å². The fraction of sp³-hybridized carbons (Fsp3) is 0.548. The van der Waals surface area contributed by atoms with Gasteiger partial charge in [-0.1, -0.05) is 75.4 Å². The molecule has 0 bridgehead atoms. The van der Waals surface area contributed by atoms with Crippen molar-refractivity contribution >= 4 is 17.3 Å². The summed E-state index contributed by atoms with van der Waals surface area (Å²) in [4.78, 5) is 0. The molecule has 32 heavy (non-hydrogen) atoms. The van der Waals surface area contributed by atoms with Crippen LogP contribution in [0.25, 0.3) is 5.57 Å². The zero-order chi connectivity index (χ0) is 22.9. The molecule has 1 saturated carbocycles. The molecule has 0 aromatic heterocycles. The number of aryl methyl sites for hydroxylation is 2. The average Bonchev–Trinajstić information content (AvgIpc) is 2.75. The lowest BCUT2D eigenvalue weighted by atomic mass is 9.73. The highest BCUT2D eigenvalue weighted by Crippen LogP contribution is 2.58. The zero-order valence-corrected chi connectivity index (χ0v) is 21.7. The quantitative estimate of drug-likeness (QED) is 0.441. The monoisotopic (exact) mass is 446 g/mol. The molecule has 0 nitrogen and oxygen atoms in total. The van der Waals surface area contributed by atoms with Crippen molar-refractivity contribution in [3.63, 3.8) is 0 Å². The van der Waals surface area contributed by atoms with Gasteiger partial charge in [0.05, 0.1) is 0 Å². The lowest BCUT2D eigenvalue weighted by molar-refractivity contribution is 0.281. The van der Waals surface area contributed by atoms with Crippen molar-refractivity contribution in [1.82, 2.24) is 0 Å². The van der Waals surface area contributed by atoms with Gasteiger partial charge in [-0.05, 0) is 104 Å². The molecule has 1 aliphatic heterocycles. The summed E-state index contributed by atoms with van der Waals surface area (Å²) >= 11 is 2.31. The Hall–Kier alpha value is -1.47. The Morgan fingerprint density at radius 1 is 1.06 bits per heavy atom. The van der Waals surface area contributed by atoms with E-state index in [0.29, 0.717) is 21.8 Å². The number of hydrogen-bond acceptors (Lipinski definition) is 1. The number of allylic oxidation sites excluding steroid dienone is 1. The molecule has 0 radical (unpaired) electrons. The van der Waals surface area contributed by atoms with Crippen molar-refractivity contribution in [1.29, 1.82) is 0 Å². The molecule has 0 N–H and O–H groups in total. The minimum absolute atomic E-state index is 0.473. The molecule has 2 aliphatic rings. The molecular weight excluding hydrogens is 404 g/mol. The maximum Gasteiger partial charge on any atom is 0.0305 e. The molecule has 2 fully saturated rings. The van der Waals surface area contributed by atoms with Crippen LogP contribution in [0, 0.1) is 31.6 Å².